The van der Waals surface area contributed by atoms with E-state index >= 15 is 26.3 Å². The lowest BCUT2D eigenvalue weighted by atomic mass is 9.13. The fourth-order valence-corrected chi connectivity index (χ4v) is 5.73. The molecular formula is C29H17BF15N. The van der Waals surface area contributed by atoms with Gasteiger partial charge in [0.1, 0.15) is 47.6 Å². The van der Waals surface area contributed by atoms with Crippen molar-refractivity contribution in [2.24, 2.45) is 0 Å². The molecule has 0 aliphatic rings. The van der Waals surface area contributed by atoms with E-state index < -0.39 is 127 Å². The highest BCUT2D eigenvalue weighted by atomic mass is 19.2. The van der Waals surface area contributed by atoms with Crippen LogP contribution in [0.5, 0.6) is 0 Å². The number of hydrogen-bond acceptors (Lipinski definition) is 0. The van der Waals surface area contributed by atoms with Crippen LogP contribution in [0.15, 0.2) is 30.3 Å². The number of halogens is 15. The molecule has 0 amide bonds. The highest BCUT2D eigenvalue weighted by Crippen LogP contribution is 2.30. The quantitative estimate of drug-likeness (QED) is 0.0657. The van der Waals surface area contributed by atoms with E-state index in [0.29, 0.717) is 5.56 Å². The molecule has 0 unspecified atom stereocenters. The maximum atomic E-state index is 15.6. The molecule has 0 fully saturated rings. The van der Waals surface area contributed by atoms with Gasteiger partial charge in [0, 0.05) is 12.1 Å². The summed E-state index contributed by atoms with van der Waals surface area (Å²) in [6, 6.07) is 7.66. The maximum absolute atomic E-state index is 15.6. The number of benzene rings is 4. The molecule has 0 bridgehead atoms. The molecule has 0 saturated carbocycles. The van der Waals surface area contributed by atoms with Crippen LogP contribution >= 0.6 is 0 Å². The smallest absolute Gasteiger partial charge is 0.200 e. The summed E-state index contributed by atoms with van der Waals surface area (Å²) in [6.45, 7) is -1.11. The Hall–Kier alpha value is -4.15. The van der Waals surface area contributed by atoms with Crippen LogP contribution in [0.25, 0.3) is 0 Å². The van der Waals surface area contributed by atoms with Gasteiger partial charge in [0.05, 0.1) is 14.1 Å². The van der Waals surface area contributed by atoms with Crippen molar-refractivity contribution < 1.29 is 70.3 Å². The molecule has 0 saturated heterocycles. The molecule has 0 aliphatic heterocycles. The van der Waals surface area contributed by atoms with Crippen LogP contribution in [0.4, 0.5) is 65.9 Å². The van der Waals surface area contributed by atoms with Gasteiger partial charge in [-0.15, -0.1) is 22.7 Å². The Balaban J connectivity index is 2.29. The third-order valence-electron chi connectivity index (χ3n) is 7.83. The molecule has 0 atom stereocenters. The Morgan fingerprint density at radius 2 is 0.674 bits per heavy atom. The summed E-state index contributed by atoms with van der Waals surface area (Å²) < 4.78 is 223. The van der Waals surface area contributed by atoms with Crippen molar-refractivity contribution in [3.8, 4) is 0 Å². The summed E-state index contributed by atoms with van der Waals surface area (Å²) >= 11 is 0. The van der Waals surface area contributed by atoms with Gasteiger partial charge in [-0.25, -0.2) is 65.9 Å². The number of rotatable bonds is 8. The fourth-order valence-electron chi connectivity index (χ4n) is 5.73. The molecule has 246 valence electrons. The summed E-state index contributed by atoms with van der Waals surface area (Å²) in [5.41, 5.74) is -7.33. The molecule has 4 aromatic carbocycles. The molecule has 0 aromatic heterocycles. The highest BCUT2D eigenvalue weighted by molar-refractivity contribution is 7.11. The molecule has 46 heavy (non-hydrogen) atoms. The number of nitrogens with zero attached hydrogens (tertiary/aromatic N) is 1. The third kappa shape index (κ3) is 5.37. The van der Waals surface area contributed by atoms with E-state index in [1.807, 2.05) is 0 Å². The topological polar surface area (TPSA) is 0 Å². The first kappa shape index (κ1) is 34.7. The molecule has 1 nitrogen and oxygen atoms in total. The maximum Gasteiger partial charge on any atom is 0.200 e. The van der Waals surface area contributed by atoms with Crippen molar-refractivity contribution in [1.82, 2.24) is 0 Å². The number of hydrogen-bond donors (Lipinski definition) is 0. The molecule has 17 heteroatoms. The lowest BCUT2D eigenvalue weighted by Gasteiger charge is -2.45. The molecule has 0 heterocycles. The summed E-state index contributed by atoms with van der Waals surface area (Å²) in [4.78, 5) is 0. The average Bonchev–Trinajstić information content (AvgIpc) is 3.02. The van der Waals surface area contributed by atoms with Gasteiger partial charge in [-0.2, -0.15) is 0 Å². The van der Waals surface area contributed by atoms with Crippen molar-refractivity contribution in [2.75, 3.05) is 20.6 Å². The molecule has 4 aromatic rings. The van der Waals surface area contributed by atoms with Crippen LogP contribution in [0.1, 0.15) is 5.56 Å². The van der Waals surface area contributed by atoms with Crippen LogP contribution in [0.2, 0.25) is 6.32 Å². The van der Waals surface area contributed by atoms with Gasteiger partial charge >= 0.3 is 0 Å². The molecule has 0 aliphatic carbocycles. The second kappa shape index (κ2) is 12.2. The lowest BCUT2D eigenvalue weighted by Crippen LogP contribution is -2.74. The Morgan fingerprint density at radius 1 is 0.413 bits per heavy atom. The normalized spacial score (nSPS) is 12.3. The van der Waals surface area contributed by atoms with Crippen molar-refractivity contribution in [3.63, 3.8) is 0 Å². The van der Waals surface area contributed by atoms with E-state index in [4.69, 9.17) is 0 Å². The minimum absolute atomic E-state index is 0.168. The number of quaternary nitrogens is 1. The Morgan fingerprint density at radius 3 is 0.957 bits per heavy atom. The summed E-state index contributed by atoms with van der Waals surface area (Å²) in [6.07, 6.45) is -7.29. The largest absolute Gasteiger partial charge is 0.327 e. The van der Waals surface area contributed by atoms with E-state index in [1.54, 1.807) is 6.07 Å². The second-order valence-corrected chi connectivity index (χ2v) is 11.1. The van der Waals surface area contributed by atoms with Crippen LogP contribution in [-0.2, 0) is 6.54 Å². The van der Waals surface area contributed by atoms with E-state index in [9.17, 15) is 39.5 Å². The molecule has 0 spiro atoms. The Labute approximate surface area is 250 Å². The van der Waals surface area contributed by atoms with Crippen LogP contribution < -0.4 is 16.4 Å². The van der Waals surface area contributed by atoms with E-state index in [2.05, 4.69) is 0 Å². The van der Waals surface area contributed by atoms with Crippen molar-refractivity contribution in [1.29, 1.82) is 0 Å². The monoisotopic (exact) mass is 675 g/mol. The van der Waals surface area contributed by atoms with Crippen molar-refractivity contribution >= 4 is 22.5 Å². The van der Waals surface area contributed by atoms with Gasteiger partial charge in [-0.3, -0.25) is 0 Å². The van der Waals surface area contributed by atoms with Gasteiger partial charge in [0.15, 0.2) is 52.4 Å². The molecular weight excluding hydrogens is 658 g/mol. The van der Waals surface area contributed by atoms with Crippen molar-refractivity contribution in [3.05, 3.63) is 123 Å². The summed E-state index contributed by atoms with van der Waals surface area (Å²) in [5.74, 6) is -44.9. The molecule has 4 rings (SSSR count). The highest BCUT2D eigenvalue weighted by Gasteiger charge is 2.48. The lowest BCUT2D eigenvalue weighted by molar-refractivity contribution is -0.901. The zero-order valence-corrected chi connectivity index (χ0v) is 23.2. The first-order valence-electron chi connectivity index (χ1n) is 12.9. The minimum Gasteiger partial charge on any atom is -0.327 e. The van der Waals surface area contributed by atoms with Gasteiger partial charge in [-0.05, 0) is 0 Å². The average molecular weight is 675 g/mol. The first-order valence-corrected chi connectivity index (χ1v) is 12.9. The van der Waals surface area contributed by atoms with Crippen LogP contribution in [-0.4, -0.2) is 31.3 Å². The Bertz CT molecular complexity index is 1610. The zero-order chi connectivity index (χ0) is 34.6. The van der Waals surface area contributed by atoms with E-state index in [1.165, 1.54) is 38.4 Å². The Kier molecular flexibility index (Phi) is 9.23. The first-order chi connectivity index (χ1) is 21.3. The molecule has 0 radical (unpaired) electrons. The fraction of sp³-hybridized carbons (Fsp3) is 0.172. The van der Waals surface area contributed by atoms with Crippen LogP contribution in [0, 0.1) is 87.3 Å². The standard InChI is InChI=1S/C29H17BF15N/c1-46(2,10-11-6-4-3-5-7-11)9-8-30(12-15(31)21(37)27(43)22(38)16(12)32,13-17(33)23(39)28(44)24(40)18(13)34)14-19(35)25(41)29(45)26(42)20(14)36/h3-7H,8-10H2,1-2H3. The SMILES string of the molecule is C[N+](C)(CC[B-](c1c(F)c(F)c(F)c(F)c1F)(c1c(F)c(F)c(F)c(F)c1F)c1c(F)c(F)c(F)c(F)c1F)Cc1ccccc1. The van der Waals surface area contributed by atoms with Gasteiger partial charge < -0.3 is 4.48 Å². The predicted octanol–water partition coefficient (Wildman–Crippen LogP) is 6.52. The zero-order valence-electron chi connectivity index (χ0n) is 23.2. The van der Waals surface area contributed by atoms with Gasteiger partial charge in [0.25, 0.3) is 0 Å². The third-order valence-corrected chi connectivity index (χ3v) is 7.83. The molecule has 0 N–H and O–H groups in total. The summed E-state index contributed by atoms with van der Waals surface area (Å²) in [5, 5.41) is 0. The predicted molar refractivity (Wildman–Crippen MR) is 135 cm³/mol. The van der Waals surface area contributed by atoms with Crippen LogP contribution in [0.3, 0.4) is 0 Å². The second-order valence-electron chi connectivity index (χ2n) is 11.1. The van der Waals surface area contributed by atoms with E-state index in [0.717, 1.165) is 0 Å². The minimum atomic E-state index is -5.58. The summed E-state index contributed by atoms with van der Waals surface area (Å²) in [7, 11) is 2.51. The van der Waals surface area contributed by atoms with Gasteiger partial charge in [0.2, 0.25) is 0 Å². The van der Waals surface area contributed by atoms with Gasteiger partial charge in [-0.1, -0.05) is 30.3 Å². The van der Waals surface area contributed by atoms with Crippen molar-refractivity contribution in [2.45, 2.75) is 12.9 Å². The van der Waals surface area contributed by atoms with E-state index in [-0.39, 0.29) is 6.54 Å².